The number of phenolic OH excluding ortho intramolecular Hbond substituents is 3. The molecule has 0 aliphatic heterocycles. The van der Waals surface area contributed by atoms with Gasteiger partial charge in [-0.3, -0.25) is 4.79 Å². The van der Waals surface area contributed by atoms with Crippen molar-refractivity contribution >= 4 is 11.6 Å². The molecule has 4 aromatic rings. The summed E-state index contributed by atoms with van der Waals surface area (Å²) >= 11 is 0. The van der Waals surface area contributed by atoms with Gasteiger partial charge in [0, 0.05) is 5.69 Å². The van der Waals surface area contributed by atoms with Gasteiger partial charge in [-0.05, 0) is 65.3 Å². The number of hydrogen-bond acceptors (Lipinski definition) is 4. The first-order valence-corrected chi connectivity index (χ1v) is 11.3. The van der Waals surface area contributed by atoms with Gasteiger partial charge in [-0.2, -0.15) is 0 Å². The van der Waals surface area contributed by atoms with Crippen molar-refractivity contribution < 1.29 is 20.1 Å². The van der Waals surface area contributed by atoms with Gasteiger partial charge in [0.05, 0.1) is 5.56 Å². The average molecular weight is 454 g/mol. The number of anilines is 1. The highest BCUT2D eigenvalue weighted by molar-refractivity contribution is 6.07. The Morgan fingerprint density at radius 2 is 1.41 bits per heavy atom. The number of aromatic hydroxyl groups is 3. The first-order valence-electron chi connectivity index (χ1n) is 11.3. The van der Waals surface area contributed by atoms with Crippen molar-refractivity contribution in [2.45, 2.75) is 26.2 Å². The van der Waals surface area contributed by atoms with E-state index >= 15 is 0 Å². The molecule has 4 aromatic carbocycles. The van der Waals surface area contributed by atoms with Crippen molar-refractivity contribution in [1.82, 2.24) is 0 Å². The van der Waals surface area contributed by atoms with E-state index in [2.05, 4.69) is 24.4 Å². The van der Waals surface area contributed by atoms with E-state index in [1.807, 2.05) is 54.6 Å². The third kappa shape index (κ3) is 5.04. The average Bonchev–Trinajstić information content (AvgIpc) is 2.88. The lowest BCUT2D eigenvalue weighted by atomic mass is 9.99. The first-order chi connectivity index (χ1) is 16.5. The molecule has 0 spiro atoms. The van der Waals surface area contributed by atoms with Gasteiger partial charge >= 0.3 is 0 Å². The number of phenols is 3. The molecule has 0 fully saturated rings. The fraction of sp³-hybridized carbons (Fsp3) is 0.138. The number of aryl methyl sites for hydroxylation is 3. The summed E-state index contributed by atoms with van der Waals surface area (Å²) < 4.78 is 0. The van der Waals surface area contributed by atoms with Crippen LogP contribution >= 0.6 is 0 Å². The molecule has 1 amide bonds. The molecule has 0 radical (unpaired) electrons. The lowest BCUT2D eigenvalue weighted by molar-refractivity contribution is 0.102. The summed E-state index contributed by atoms with van der Waals surface area (Å²) in [4.78, 5) is 12.9. The number of hydrogen-bond donors (Lipinski definition) is 4. The highest BCUT2D eigenvalue weighted by Gasteiger charge is 2.21. The number of nitrogens with one attached hydrogen (secondary N) is 1. The Balaban J connectivity index is 1.52. The van der Waals surface area contributed by atoms with Crippen molar-refractivity contribution in [3.63, 3.8) is 0 Å². The predicted molar refractivity (Wildman–Crippen MR) is 134 cm³/mol. The highest BCUT2D eigenvalue weighted by Crippen LogP contribution is 2.41. The zero-order chi connectivity index (χ0) is 24.1. The summed E-state index contributed by atoms with van der Waals surface area (Å²) in [6.45, 7) is 2.11. The van der Waals surface area contributed by atoms with Crippen molar-refractivity contribution in [2.24, 2.45) is 0 Å². The molecule has 0 saturated carbocycles. The summed E-state index contributed by atoms with van der Waals surface area (Å²) in [5.74, 6) is -2.33. The molecule has 172 valence electrons. The van der Waals surface area contributed by atoms with Crippen LogP contribution in [-0.2, 0) is 19.3 Å². The molecule has 0 aliphatic carbocycles. The minimum Gasteiger partial charge on any atom is -0.504 e. The van der Waals surface area contributed by atoms with Gasteiger partial charge in [0.2, 0.25) is 5.75 Å². The molecular weight excluding hydrogens is 426 g/mol. The Bertz CT molecular complexity index is 1300. The van der Waals surface area contributed by atoms with Crippen LogP contribution in [0.25, 0.3) is 11.1 Å². The van der Waals surface area contributed by atoms with Crippen molar-refractivity contribution in [3.8, 4) is 28.4 Å². The van der Waals surface area contributed by atoms with Crippen LogP contribution in [0.5, 0.6) is 17.2 Å². The Labute approximate surface area is 199 Å². The Morgan fingerprint density at radius 3 is 2.12 bits per heavy atom. The second kappa shape index (κ2) is 10.1. The fourth-order valence-electron chi connectivity index (χ4n) is 3.91. The maximum Gasteiger partial charge on any atom is 0.259 e. The van der Waals surface area contributed by atoms with Crippen molar-refractivity contribution in [3.05, 3.63) is 107 Å². The molecular formula is C29H27NO4. The zero-order valence-corrected chi connectivity index (χ0v) is 19.0. The second-order valence-electron chi connectivity index (χ2n) is 8.20. The number of benzene rings is 4. The van der Waals surface area contributed by atoms with Crippen LogP contribution in [0.3, 0.4) is 0 Å². The van der Waals surface area contributed by atoms with Gasteiger partial charge in [-0.1, -0.05) is 73.7 Å². The topological polar surface area (TPSA) is 89.8 Å². The summed E-state index contributed by atoms with van der Waals surface area (Å²) in [5, 5.41) is 33.6. The molecule has 34 heavy (non-hydrogen) atoms. The lowest BCUT2D eigenvalue weighted by Crippen LogP contribution is -2.13. The minimum absolute atomic E-state index is 0.0990. The zero-order valence-electron chi connectivity index (χ0n) is 19.0. The Kier molecular flexibility index (Phi) is 6.83. The van der Waals surface area contributed by atoms with E-state index in [4.69, 9.17) is 0 Å². The maximum atomic E-state index is 12.9. The van der Waals surface area contributed by atoms with E-state index in [1.165, 1.54) is 11.6 Å². The summed E-state index contributed by atoms with van der Waals surface area (Å²) in [5.41, 5.74) is 5.28. The van der Waals surface area contributed by atoms with Gasteiger partial charge in [-0.15, -0.1) is 0 Å². The van der Waals surface area contributed by atoms with Crippen LogP contribution in [0.15, 0.2) is 84.9 Å². The van der Waals surface area contributed by atoms with E-state index in [-0.39, 0.29) is 5.56 Å². The van der Waals surface area contributed by atoms with Crippen LogP contribution in [-0.4, -0.2) is 21.2 Å². The SMILES string of the molecule is CCc1cccc(-c2ccc(NC(=O)c3cc(CCc4ccccc4)c(O)c(O)c3O)cc2)c1. The predicted octanol–water partition coefficient (Wildman–Crippen LogP) is 6.07. The van der Waals surface area contributed by atoms with E-state index in [0.717, 1.165) is 23.1 Å². The largest absolute Gasteiger partial charge is 0.504 e. The Hall–Kier alpha value is -4.25. The van der Waals surface area contributed by atoms with Crippen molar-refractivity contribution in [2.75, 3.05) is 5.32 Å². The molecule has 4 N–H and O–H groups in total. The van der Waals surface area contributed by atoms with Crippen LogP contribution in [0, 0.1) is 0 Å². The van der Waals surface area contributed by atoms with Gasteiger partial charge < -0.3 is 20.6 Å². The van der Waals surface area contributed by atoms with Crippen molar-refractivity contribution in [1.29, 1.82) is 0 Å². The lowest BCUT2D eigenvalue weighted by Gasteiger charge is -2.13. The maximum absolute atomic E-state index is 12.9. The third-order valence-corrected chi connectivity index (χ3v) is 5.91. The molecule has 0 bridgehead atoms. The van der Waals surface area contributed by atoms with E-state index in [1.54, 1.807) is 12.1 Å². The molecule has 4 rings (SSSR count). The molecule has 5 nitrogen and oxygen atoms in total. The van der Waals surface area contributed by atoms with E-state index in [9.17, 15) is 20.1 Å². The fourth-order valence-corrected chi connectivity index (χ4v) is 3.91. The highest BCUT2D eigenvalue weighted by atomic mass is 16.3. The molecule has 5 heteroatoms. The van der Waals surface area contributed by atoms with E-state index in [0.29, 0.717) is 24.1 Å². The number of carbonyl (C=O) groups is 1. The normalized spacial score (nSPS) is 10.7. The monoisotopic (exact) mass is 453 g/mol. The number of amides is 1. The second-order valence-corrected chi connectivity index (χ2v) is 8.20. The molecule has 0 saturated heterocycles. The molecule has 0 atom stereocenters. The first kappa shape index (κ1) is 22.9. The summed E-state index contributed by atoms with van der Waals surface area (Å²) in [7, 11) is 0. The van der Waals surface area contributed by atoms with Gasteiger partial charge in [0.25, 0.3) is 5.91 Å². The van der Waals surface area contributed by atoms with Crippen LogP contribution in [0.2, 0.25) is 0 Å². The standard InChI is InChI=1S/C29H27NO4/c1-2-19-9-6-10-22(17-19)21-13-15-24(16-14-21)30-29(34)25-18-23(26(31)28(33)27(25)32)12-11-20-7-4-3-5-8-20/h3-10,13-18,31-33H,2,11-12H2,1H3,(H,30,34). The quantitative estimate of drug-likeness (QED) is 0.256. The van der Waals surface area contributed by atoms with E-state index < -0.39 is 23.2 Å². The molecule has 0 aromatic heterocycles. The Morgan fingerprint density at radius 1 is 0.706 bits per heavy atom. The molecule has 0 unspecified atom stereocenters. The minimum atomic E-state index is -0.693. The smallest absolute Gasteiger partial charge is 0.259 e. The van der Waals surface area contributed by atoms with Crippen LogP contribution in [0.4, 0.5) is 5.69 Å². The van der Waals surface area contributed by atoms with Crippen LogP contribution < -0.4 is 5.32 Å². The third-order valence-electron chi connectivity index (χ3n) is 5.91. The van der Waals surface area contributed by atoms with Gasteiger partial charge in [-0.25, -0.2) is 0 Å². The van der Waals surface area contributed by atoms with Gasteiger partial charge in [0.1, 0.15) is 0 Å². The number of carbonyl (C=O) groups excluding carboxylic acids is 1. The molecule has 0 aliphatic rings. The number of rotatable bonds is 7. The molecule has 0 heterocycles. The summed E-state index contributed by atoms with van der Waals surface area (Å²) in [6.07, 6.45) is 1.97. The van der Waals surface area contributed by atoms with Crippen LogP contribution in [0.1, 0.15) is 34.0 Å². The van der Waals surface area contributed by atoms with Gasteiger partial charge in [0.15, 0.2) is 11.5 Å². The summed E-state index contributed by atoms with van der Waals surface area (Å²) in [6, 6.07) is 26.8.